The van der Waals surface area contributed by atoms with Crippen molar-refractivity contribution in [3.05, 3.63) is 82.7 Å². The van der Waals surface area contributed by atoms with E-state index in [9.17, 15) is 0 Å². The van der Waals surface area contributed by atoms with Gasteiger partial charge in [0.2, 0.25) is 0 Å². The zero-order chi connectivity index (χ0) is 23.3. The normalized spacial score (nSPS) is 15.6. The van der Waals surface area contributed by atoms with Crippen LogP contribution in [0.25, 0.3) is 16.8 Å². The van der Waals surface area contributed by atoms with E-state index in [4.69, 9.17) is 28.2 Å². The molecule has 1 spiro atoms. The van der Waals surface area contributed by atoms with E-state index in [0.717, 1.165) is 77.5 Å². The fourth-order valence-corrected chi connectivity index (χ4v) is 4.98. The van der Waals surface area contributed by atoms with Crippen LogP contribution >= 0.6 is 23.2 Å². The summed E-state index contributed by atoms with van der Waals surface area (Å²) in [5.41, 5.74) is 5.98. The molecule has 0 atom stereocenters. The molecule has 4 aromatic rings. The molecule has 8 heteroatoms. The standard InChI is InChI=1S/C26H24Cl2N6/c1-17-31-32-25-26(10-11-26)30-24(18-4-7-21(28)8-5-18)22-14-19(6-9-23(22)34(17)25)20-15-29-33(16-20)13-3-2-12-27/h4-9,14-16H,2-3,10-13H2,1H3. The first kappa shape index (κ1) is 21.6. The lowest BCUT2D eigenvalue weighted by molar-refractivity contribution is 0.573. The lowest BCUT2D eigenvalue weighted by Crippen LogP contribution is -2.11. The summed E-state index contributed by atoms with van der Waals surface area (Å²) in [4.78, 5) is 5.32. The van der Waals surface area contributed by atoms with Crippen LogP contribution in [0.15, 0.2) is 59.9 Å². The van der Waals surface area contributed by atoms with Crippen molar-refractivity contribution >= 4 is 28.9 Å². The summed E-state index contributed by atoms with van der Waals surface area (Å²) < 4.78 is 4.16. The number of hydrogen-bond acceptors (Lipinski definition) is 4. The minimum Gasteiger partial charge on any atom is -0.280 e. The second-order valence-electron chi connectivity index (χ2n) is 9.03. The summed E-state index contributed by atoms with van der Waals surface area (Å²) in [5, 5.41) is 14.2. The monoisotopic (exact) mass is 490 g/mol. The van der Waals surface area contributed by atoms with Gasteiger partial charge in [-0.05, 0) is 62.4 Å². The molecule has 1 aliphatic heterocycles. The molecular formula is C26H24Cl2N6. The Morgan fingerprint density at radius 3 is 2.53 bits per heavy atom. The van der Waals surface area contributed by atoms with E-state index in [0.29, 0.717) is 10.9 Å². The number of benzene rings is 2. The molecule has 0 radical (unpaired) electrons. The van der Waals surface area contributed by atoms with Gasteiger partial charge < -0.3 is 0 Å². The molecule has 0 N–H and O–H groups in total. The molecule has 0 saturated heterocycles. The Morgan fingerprint density at radius 2 is 1.76 bits per heavy atom. The van der Waals surface area contributed by atoms with Gasteiger partial charge >= 0.3 is 0 Å². The third-order valence-corrected chi connectivity index (χ3v) is 7.16. The molecule has 2 aromatic heterocycles. The maximum Gasteiger partial charge on any atom is 0.165 e. The largest absolute Gasteiger partial charge is 0.280 e. The molecule has 2 aromatic carbocycles. The summed E-state index contributed by atoms with van der Waals surface area (Å²) in [6, 6.07) is 14.4. The van der Waals surface area contributed by atoms with Crippen molar-refractivity contribution in [2.24, 2.45) is 4.99 Å². The predicted octanol–water partition coefficient (Wildman–Crippen LogP) is 5.95. The molecule has 34 heavy (non-hydrogen) atoms. The van der Waals surface area contributed by atoms with E-state index in [1.165, 1.54) is 0 Å². The van der Waals surface area contributed by atoms with Gasteiger partial charge in [0, 0.05) is 40.3 Å². The number of unbranched alkanes of at least 4 members (excludes halogenated alkanes) is 1. The third-order valence-electron chi connectivity index (χ3n) is 6.64. The van der Waals surface area contributed by atoms with Crippen molar-refractivity contribution in [3.63, 3.8) is 0 Å². The maximum atomic E-state index is 6.20. The second kappa shape index (κ2) is 8.36. The van der Waals surface area contributed by atoms with Gasteiger partial charge in [-0.15, -0.1) is 21.8 Å². The number of aliphatic imine (C=N–C) groups is 1. The second-order valence-corrected chi connectivity index (χ2v) is 9.84. The quantitative estimate of drug-likeness (QED) is 0.247. The summed E-state index contributed by atoms with van der Waals surface area (Å²) in [6.07, 6.45) is 7.97. The van der Waals surface area contributed by atoms with E-state index in [2.05, 4.69) is 44.3 Å². The molecular weight excluding hydrogens is 467 g/mol. The van der Waals surface area contributed by atoms with Crippen LogP contribution < -0.4 is 0 Å². The number of hydrogen-bond donors (Lipinski definition) is 0. The van der Waals surface area contributed by atoms with Gasteiger partial charge in [-0.1, -0.05) is 29.8 Å². The molecule has 1 aliphatic carbocycles. The molecule has 3 heterocycles. The molecule has 0 bridgehead atoms. The zero-order valence-electron chi connectivity index (χ0n) is 18.9. The fourth-order valence-electron chi connectivity index (χ4n) is 4.66. The van der Waals surface area contributed by atoms with Crippen molar-refractivity contribution in [3.8, 4) is 16.8 Å². The van der Waals surface area contributed by atoms with Gasteiger partial charge in [0.05, 0.1) is 17.6 Å². The van der Waals surface area contributed by atoms with Crippen molar-refractivity contribution < 1.29 is 0 Å². The molecule has 2 aliphatic rings. The van der Waals surface area contributed by atoms with E-state index in [1.54, 1.807) is 0 Å². The highest BCUT2D eigenvalue weighted by Gasteiger charge is 2.51. The van der Waals surface area contributed by atoms with Crippen molar-refractivity contribution in [2.75, 3.05) is 5.88 Å². The topological polar surface area (TPSA) is 60.9 Å². The fraction of sp³-hybridized carbons (Fsp3) is 0.308. The molecule has 6 nitrogen and oxygen atoms in total. The smallest absolute Gasteiger partial charge is 0.165 e. The van der Waals surface area contributed by atoms with Crippen LogP contribution in [0.4, 0.5) is 0 Å². The highest BCUT2D eigenvalue weighted by Crippen LogP contribution is 2.51. The Morgan fingerprint density at radius 1 is 0.971 bits per heavy atom. The first-order valence-corrected chi connectivity index (χ1v) is 12.5. The third kappa shape index (κ3) is 3.65. The molecule has 1 saturated carbocycles. The number of nitrogens with zero attached hydrogens (tertiary/aromatic N) is 6. The Bertz CT molecular complexity index is 1400. The van der Waals surface area contributed by atoms with Gasteiger partial charge in [-0.3, -0.25) is 14.2 Å². The number of halogens is 2. The van der Waals surface area contributed by atoms with Gasteiger partial charge in [-0.2, -0.15) is 5.10 Å². The first-order chi connectivity index (χ1) is 16.6. The zero-order valence-corrected chi connectivity index (χ0v) is 20.4. The lowest BCUT2D eigenvalue weighted by Gasteiger charge is -2.14. The van der Waals surface area contributed by atoms with Crippen LogP contribution in [0.2, 0.25) is 5.02 Å². The molecule has 0 unspecified atom stereocenters. The first-order valence-electron chi connectivity index (χ1n) is 11.6. The minimum absolute atomic E-state index is 0.317. The van der Waals surface area contributed by atoms with Crippen LogP contribution in [0, 0.1) is 6.92 Å². The van der Waals surface area contributed by atoms with Crippen molar-refractivity contribution in [1.29, 1.82) is 0 Å². The number of rotatable bonds is 6. The lowest BCUT2D eigenvalue weighted by atomic mass is 9.96. The van der Waals surface area contributed by atoms with E-state index in [-0.39, 0.29) is 5.54 Å². The van der Waals surface area contributed by atoms with Crippen LogP contribution in [0.5, 0.6) is 0 Å². The average Bonchev–Trinajstić information content (AvgIpc) is 3.32. The number of alkyl halides is 1. The van der Waals surface area contributed by atoms with E-state index >= 15 is 0 Å². The predicted molar refractivity (Wildman–Crippen MR) is 135 cm³/mol. The van der Waals surface area contributed by atoms with Gasteiger partial charge in [0.25, 0.3) is 0 Å². The SMILES string of the molecule is Cc1nnc2n1-c1ccc(-c3cnn(CCCCCl)c3)cc1C(c1ccc(Cl)cc1)=NC21CC1. The highest BCUT2D eigenvalue weighted by atomic mass is 35.5. The van der Waals surface area contributed by atoms with E-state index in [1.807, 2.05) is 42.1 Å². The van der Waals surface area contributed by atoms with Gasteiger partial charge in [0.1, 0.15) is 11.4 Å². The Labute approximate surface area is 208 Å². The van der Waals surface area contributed by atoms with Crippen molar-refractivity contribution in [1.82, 2.24) is 24.5 Å². The van der Waals surface area contributed by atoms with Crippen LogP contribution in [-0.4, -0.2) is 36.1 Å². The van der Waals surface area contributed by atoms with Crippen molar-refractivity contribution in [2.45, 2.75) is 44.7 Å². The van der Waals surface area contributed by atoms with Gasteiger partial charge in [0.15, 0.2) is 5.82 Å². The summed E-state index contributed by atoms with van der Waals surface area (Å²) in [6.45, 7) is 2.86. The minimum atomic E-state index is -0.317. The Kier molecular flexibility index (Phi) is 5.30. The van der Waals surface area contributed by atoms with E-state index < -0.39 is 0 Å². The molecule has 0 amide bonds. The molecule has 172 valence electrons. The summed E-state index contributed by atoms with van der Waals surface area (Å²) >= 11 is 12.0. The van der Waals surface area contributed by atoms with Crippen LogP contribution in [-0.2, 0) is 12.1 Å². The molecule has 1 fully saturated rings. The summed E-state index contributed by atoms with van der Waals surface area (Å²) in [7, 11) is 0. The van der Waals surface area contributed by atoms with Crippen LogP contribution in [0.1, 0.15) is 48.5 Å². The highest BCUT2D eigenvalue weighted by molar-refractivity contribution is 6.30. The van der Waals surface area contributed by atoms with Crippen LogP contribution in [0.3, 0.4) is 0 Å². The number of fused-ring (bicyclic) bond motifs is 4. The summed E-state index contributed by atoms with van der Waals surface area (Å²) in [5.74, 6) is 2.47. The maximum absolute atomic E-state index is 6.20. The number of aryl methyl sites for hydroxylation is 2. The Balaban J connectivity index is 1.50. The molecule has 6 rings (SSSR count). The number of aromatic nitrogens is 5. The van der Waals surface area contributed by atoms with Gasteiger partial charge in [-0.25, -0.2) is 0 Å². The Hall–Kier alpha value is -2.96. The average molecular weight is 491 g/mol.